The molecular weight excluding hydrogens is 452 g/mol. The molecule has 5 rings (SSSR count). The zero-order chi connectivity index (χ0) is 23.7. The third-order valence-corrected chi connectivity index (χ3v) is 8.28. The third kappa shape index (κ3) is 4.51. The van der Waals surface area contributed by atoms with Gasteiger partial charge in [-0.2, -0.15) is 0 Å². The van der Waals surface area contributed by atoms with Crippen LogP contribution in [0.4, 0.5) is 4.79 Å². The predicted octanol–water partition coefficient (Wildman–Crippen LogP) is 4.07. The number of thioether (sulfide) groups is 1. The van der Waals surface area contributed by atoms with Gasteiger partial charge >= 0.3 is 12.1 Å². The zero-order valence-electron chi connectivity index (χ0n) is 18.8. The van der Waals surface area contributed by atoms with Gasteiger partial charge in [0.15, 0.2) is 0 Å². The largest absolute Gasteiger partial charge is 0.480 e. The van der Waals surface area contributed by atoms with Crippen molar-refractivity contribution in [1.82, 2.24) is 10.2 Å². The Morgan fingerprint density at radius 3 is 2.29 bits per heavy atom. The summed E-state index contributed by atoms with van der Waals surface area (Å²) < 4.78 is 5.53. The standard InChI is InChI=1S/C26H28N2O5S/c29-23(28-22(25(30)31)15-34-24(28)16-11-12-16)10-5-13-27-26(32)33-14-21-19-8-3-1-6-17(19)18-7-2-4-9-20(18)21/h1-4,6-9,16,21-22,24H,5,10-15H2,(H,27,32)(H,30,31). The lowest BCUT2D eigenvalue weighted by atomic mass is 9.98. The quantitative estimate of drug-likeness (QED) is 0.553. The molecule has 0 radical (unpaired) electrons. The Kier molecular flexibility index (Phi) is 6.50. The molecule has 0 aromatic heterocycles. The van der Waals surface area contributed by atoms with E-state index in [2.05, 4.69) is 29.6 Å². The molecule has 8 heteroatoms. The fourth-order valence-corrected chi connectivity index (χ4v) is 6.64. The number of benzene rings is 2. The number of carbonyl (C=O) groups excluding carboxylic acids is 2. The number of carboxylic acid groups (broad SMARTS) is 1. The average Bonchev–Trinajstić information content (AvgIpc) is 3.50. The van der Waals surface area contributed by atoms with E-state index in [4.69, 9.17) is 4.74 Å². The molecule has 2 aromatic rings. The van der Waals surface area contributed by atoms with Crippen molar-refractivity contribution in [1.29, 1.82) is 0 Å². The van der Waals surface area contributed by atoms with Crippen molar-refractivity contribution in [3.05, 3.63) is 59.7 Å². The Balaban J connectivity index is 1.10. The zero-order valence-corrected chi connectivity index (χ0v) is 19.6. The van der Waals surface area contributed by atoms with Gasteiger partial charge in [-0.3, -0.25) is 4.79 Å². The highest BCUT2D eigenvalue weighted by molar-refractivity contribution is 8.00. The molecule has 1 saturated carbocycles. The summed E-state index contributed by atoms with van der Waals surface area (Å²) in [6.45, 7) is 0.544. The number of carbonyl (C=O) groups is 3. The van der Waals surface area contributed by atoms with Crippen LogP contribution in [0.15, 0.2) is 48.5 Å². The molecule has 2 fully saturated rings. The van der Waals surface area contributed by atoms with Gasteiger partial charge in [-0.05, 0) is 47.4 Å². The fraction of sp³-hybridized carbons (Fsp3) is 0.423. The summed E-state index contributed by atoms with van der Waals surface area (Å²) in [5.41, 5.74) is 4.66. The van der Waals surface area contributed by atoms with Crippen molar-refractivity contribution >= 4 is 29.7 Å². The van der Waals surface area contributed by atoms with Gasteiger partial charge in [0.25, 0.3) is 0 Å². The maximum atomic E-state index is 12.8. The van der Waals surface area contributed by atoms with E-state index in [0.717, 1.165) is 24.0 Å². The normalized spacial score (nSPS) is 21.1. The molecule has 0 spiro atoms. The van der Waals surface area contributed by atoms with Gasteiger partial charge in [-0.1, -0.05) is 48.5 Å². The van der Waals surface area contributed by atoms with E-state index in [-0.39, 0.29) is 30.2 Å². The van der Waals surface area contributed by atoms with E-state index in [1.807, 2.05) is 24.3 Å². The van der Waals surface area contributed by atoms with Crippen LogP contribution in [0.5, 0.6) is 0 Å². The van der Waals surface area contributed by atoms with Crippen molar-refractivity contribution < 1.29 is 24.2 Å². The van der Waals surface area contributed by atoms with Gasteiger partial charge in [0, 0.05) is 24.6 Å². The van der Waals surface area contributed by atoms with E-state index >= 15 is 0 Å². The summed E-state index contributed by atoms with van der Waals surface area (Å²) in [7, 11) is 0. The summed E-state index contributed by atoms with van der Waals surface area (Å²) in [5.74, 6) is -0.235. The molecule has 1 aliphatic heterocycles. The summed E-state index contributed by atoms with van der Waals surface area (Å²) >= 11 is 1.57. The van der Waals surface area contributed by atoms with E-state index in [9.17, 15) is 19.5 Å². The molecule has 178 valence electrons. The van der Waals surface area contributed by atoms with Crippen LogP contribution in [-0.4, -0.2) is 58.3 Å². The number of fused-ring (bicyclic) bond motifs is 3. The van der Waals surface area contributed by atoms with E-state index in [1.165, 1.54) is 11.1 Å². The smallest absolute Gasteiger partial charge is 0.407 e. The number of nitrogens with one attached hydrogen (secondary N) is 1. The summed E-state index contributed by atoms with van der Waals surface area (Å²) in [5, 5.41) is 12.2. The first-order valence-corrected chi connectivity index (χ1v) is 12.8. The predicted molar refractivity (Wildman–Crippen MR) is 130 cm³/mol. The Bertz CT molecular complexity index is 1060. The molecule has 2 N–H and O–H groups in total. The van der Waals surface area contributed by atoms with Crippen molar-refractivity contribution in [2.75, 3.05) is 18.9 Å². The van der Waals surface area contributed by atoms with Crippen molar-refractivity contribution in [3.8, 4) is 11.1 Å². The molecule has 7 nitrogen and oxygen atoms in total. The van der Waals surface area contributed by atoms with Crippen molar-refractivity contribution in [2.24, 2.45) is 5.92 Å². The van der Waals surface area contributed by atoms with Crippen LogP contribution in [0.2, 0.25) is 0 Å². The molecule has 2 atom stereocenters. The number of rotatable bonds is 8. The second-order valence-electron chi connectivity index (χ2n) is 9.07. The van der Waals surface area contributed by atoms with Crippen LogP contribution in [0.1, 0.15) is 42.7 Å². The van der Waals surface area contributed by atoms with Crippen molar-refractivity contribution in [2.45, 2.75) is 43.0 Å². The summed E-state index contributed by atoms with van der Waals surface area (Å²) in [4.78, 5) is 38.2. The number of aliphatic carboxylic acids is 1. The molecule has 34 heavy (non-hydrogen) atoms. The number of carboxylic acids is 1. The third-order valence-electron chi connectivity index (χ3n) is 6.81. The van der Waals surface area contributed by atoms with Crippen LogP contribution < -0.4 is 5.32 Å². The molecule has 2 aliphatic carbocycles. The molecule has 2 aromatic carbocycles. The van der Waals surface area contributed by atoms with Gasteiger partial charge in [0.05, 0.1) is 5.37 Å². The number of ether oxygens (including phenoxy) is 1. The lowest BCUT2D eigenvalue weighted by Gasteiger charge is -2.27. The molecule has 0 bridgehead atoms. The minimum Gasteiger partial charge on any atom is -0.480 e. The fourth-order valence-electron chi connectivity index (χ4n) is 4.99. The first kappa shape index (κ1) is 22.8. The van der Waals surface area contributed by atoms with Crippen LogP contribution >= 0.6 is 11.8 Å². The minimum absolute atomic E-state index is 0.000274. The monoisotopic (exact) mass is 480 g/mol. The second kappa shape index (κ2) is 9.70. The summed E-state index contributed by atoms with van der Waals surface area (Å²) in [6, 6.07) is 15.6. The highest BCUT2D eigenvalue weighted by Gasteiger charge is 2.47. The topological polar surface area (TPSA) is 95.9 Å². The van der Waals surface area contributed by atoms with Crippen molar-refractivity contribution in [3.63, 3.8) is 0 Å². The van der Waals surface area contributed by atoms with Crippen LogP contribution in [0, 0.1) is 5.92 Å². The maximum absolute atomic E-state index is 12.8. The maximum Gasteiger partial charge on any atom is 0.407 e. The Morgan fingerprint density at radius 2 is 1.68 bits per heavy atom. The second-order valence-corrected chi connectivity index (χ2v) is 10.2. The molecule has 1 saturated heterocycles. The Morgan fingerprint density at radius 1 is 1.03 bits per heavy atom. The Labute approximate surface area is 202 Å². The lowest BCUT2D eigenvalue weighted by molar-refractivity contribution is -0.149. The number of hydrogen-bond donors (Lipinski definition) is 2. The lowest BCUT2D eigenvalue weighted by Crippen LogP contribution is -2.46. The summed E-state index contributed by atoms with van der Waals surface area (Å²) in [6.07, 6.45) is 2.24. The SMILES string of the molecule is O=C(NCCCC(=O)N1C(C(=O)O)CSC1C1CC1)OCC1c2ccccc2-c2ccccc21. The minimum atomic E-state index is -0.944. The number of amides is 2. The van der Waals surface area contributed by atoms with Crippen LogP contribution in [0.25, 0.3) is 11.1 Å². The average molecular weight is 481 g/mol. The van der Waals surface area contributed by atoms with Gasteiger partial charge < -0.3 is 20.1 Å². The number of hydrogen-bond acceptors (Lipinski definition) is 5. The molecule has 1 heterocycles. The van der Waals surface area contributed by atoms with Crippen LogP contribution in [-0.2, 0) is 14.3 Å². The molecule has 3 aliphatic rings. The first-order valence-electron chi connectivity index (χ1n) is 11.8. The van der Waals surface area contributed by atoms with E-state index in [0.29, 0.717) is 24.6 Å². The Hall–Kier alpha value is -3.00. The number of nitrogens with zero attached hydrogens (tertiary/aromatic N) is 1. The first-order chi connectivity index (χ1) is 16.5. The highest BCUT2D eigenvalue weighted by atomic mass is 32.2. The van der Waals surface area contributed by atoms with Crippen LogP contribution in [0.3, 0.4) is 0 Å². The molecule has 2 amide bonds. The van der Waals surface area contributed by atoms with Gasteiger partial charge in [0.1, 0.15) is 12.6 Å². The molecular formula is C26H28N2O5S. The van der Waals surface area contributed by atoms with E-state index in [1.54, 1.807) is 16.7 Å². The highest BCUT2D eigenvalue weighted by Crippen LogP contribution is 2.46. The van der Waals surface area contributed by atoms with E-state index < -0.39 is 18.1 Å². The van der Waals surface area contributed by atoms with Gasteiger partial charge in [-0.15, -0.1) is 11.8 Å². The van der Waals surface area contributed by atoms with Gasteiger partial charge in [0.2, 0.25) is 5.91 Å². The number of alkyl carbamates (subject to hydrolysis) is 1. The molecule has 2 unspecified atom stereocenters. The van der Waals surface area contributed by atoms with Gasteiger partial charge in [-0.25, -0.2) is 9.59 Å².